The minimum atomic E-state index is -4.37. The molecular weight excluding hydrogens is 211 g/mol. The predicted molar refractivity (Wildman–Crippen MR) is 42.8 cm³/mol. The van der Waals surface area contributed by atoms with E-state index in [1.165, 1.54) is 17.3 Å². The van der Waals surface area contributed by atoms with Crippen LogP contribution >= 0.6 is 0 Å². The molecule has 2 aromatic heterocycles. The summed E-state index contributed by atoms with van der Waals surface area (Å²) >= 11 is 0. The van der Waals surface area contributed by atoms with Crippen LogP contribution < -0.4 is 0 Å². The van der Waals surface area contributed by atoms with E-state index in [1.807, 2.05) is 0 Å². The smallest absolute Gasteiger partial charge is 0.419 e. The van der Waals surface area contributed by atoms with Gasteiger partial charge in [-0.25, -0.2) is 9.67 Å². The summed E-state index contributed by atoms with van der Waals surface area (Å²) < 4.78 is 42.7. The zero-order valence-electron chi connectivity index (χ0n) is 7.40. The molecule has 2 rings (SSSR count). The average molecular weight is 217 g/mol. The van der Waals surface area contributed by atoms with Crippen LogP contribution in [0.3, 0.4) is 0 Å². The average Bonchev–Trinajstić information content (AvgIpc) is 2.73. The van der Waals surface area contributed by atoms with Gasteiger partial charge in [0.05, 0.1) is 5.56 Å². The summed E-state index contributed by atoms with van der Waals surface area (Å²) in [7, 11) is 0. The standard InChI is InChI=1S/C8H6F3N3O/c9-8(10,11)6-1-7(15-3-6)2-14-5-12-4-13-14/h1,3-5H,2H2. The molecule has 4 nitrogen and oxygen atoms in total. The molecule has 0 amide bonds. The highest BCUT2D eigenvalue weighted by atomic mass is 19.4. The number of aromatic nitrogens is 3. The first-order valence-electron chi connectivity index (χ1n) is 4.03. The van der Waals surface area contributed by atoms with Crippen LogP contribution in [0.1, 0.15) is 11.3 Å². The van der Waals surface area contributed by atoms with Crippen LogP contribution in [0.2, 0.25) is 0 Å². The van der Waals surface area contributed by atoms with Gasteiger partial charge in [-0.15, -0.1) is 0 Å². The Hall–Kier alpha value is -1.79. The van der Waals surface area contributed by atoms with Crippen molar-refractivity contribution in [3.8, 4) is 0 Å². The van der Waals surface area contributed by atoms with Crippen molar-refractivity contribution in [2.24, 2.45) is 0 Å². The number of rotatable bonds is 2. The van der Waals surface area contributed by atoms with Gasteiger partial charge in [0.25, 0.3) is 0 Å². The SMILES string of the molecule is FC(F)(F)c1coc(Cn2cncn2)c1. The lowest BCUT2D eigenvalue weighted by atomic mass is 10.3. The van der Waals surface area contributed by atoms with E-state index in [0.29, 0.717) is 6.26 Å². The van der Waals surface area contributed by atoms with Crippen LogP contribution in [0.4, 0.5) is 13.2 Å². The van der Waals surface area contributed by atoms with Crippen molar-refractivity contribution >= 4 is 0 Å². The molecule has 80 valence electrons. The van der Waals surface area contributed by atoms with E-state index >= 15 is 0 Å². The topological polar surface area (TPSA) is 43.9 Å². The van der Waals surface area contributed by atoms with Gasteiger partial charge in [0, 0.05) is 0 Å². The molecule has 0 radical (unpaired) electrons. The van der Waals surface area contributed by atoms with E-state index in [2.05, 4.69) is 10.1 Å². The van der Waals surface area contributed by atoms with E-state index in [4.69, 9.17) is 4.42 Å². The molecular formula is C8H6F3N3O. The largest absolute Gasteiger partial charge is 0.467 e. The molecule has 0 unspecified atom stereocenters. The third-order valence-electron chi connectivity index (χ3n) is 1.77. The summed E-state index contributed by atoms with van der Waals surface area (Å²) in [6.07, 6.45) is -0.986. The number of halogens is 3. The second kappa shape index (κ2) is 3.41. The Labute approximate surface area is 82.3 Å². The highest BCUT2D eigenvalue weighted by molar-refractivity contribution is 5.16. The Balaban J connectivity index is 2.15. The summed E-state index contributed by atoms with van der Waals surface area (Å²) in [5.74, 6) is 0.188. The summed E-state index contributed by atoms with van der Waals surface area (Å²) in [5, 5.41) is 3.75. The molecule has 0 aromatic carbocycles. The van der Waals surface area contributed by atoms with Crippen LogP contribution in [0.15, 0.2) is 29.4 Å². The van der Waals surface area contributed by atoms with Crippen LogP contribution in [0.25, 0.3) is 0 Å². The van der Waals surface area contributed by atoms with Gasteiger partial charge in [0.15, 0.2) is 0 Å². The van der Waals surface area contributed by atoms with Gasteiger partial charge in [-0.05, 0) is 6.07 Å². The first-order valence-corrected chi connectivity index (χ1v) is 4.03. The van der Waals surface area contributed by atoms with Crippen molar-refractivity contribution < 1.29 is 17.6 Å². The molecule has 0 N–H and O–H groups in total. The number of hydrogen-bond acceptors (Lipinski definition) is 3. The molecule has 0 spiro atoms. The second-order valence-corrected chi connectivity index (χ2v) is 2.89. The molecule has 7 heteroatoms. The summed E-state index contributed by atoms with van der Waals surface area (Å²) in [6.45, 7) is 0.135. The van der Waals surface area contributed by atoms with Crippen LogP contribution in [-0.4, -0.2) is 14.8 Å². The van der Waals surface area contributed by atoms with Crippen LogP contribution in [-0.2, 0) is 12.7 Å². The number of furan rings is 1. The van der Waals surface area contributed by atoms with Gasteiger partial charge in [-0.2, -0.15) is 18.3 Å². The molecule has 0 atom stereocenters. The minimum Gasteiger partial charge on any atom is -0.467 e. The fraction of sp³-hybridized carbons (Fsp3) is 0.250. The van der Waals surface area contributed by atoms with Crippen molar-refractivity contribution in [2.75, 3.05) is 0 Å². The van der Waals surface area contributed by atoms with Gasteiger partial charge >= 0.3 is 6.18 Å². The van der Waals surface area contributed by atoms with Crippen molar-refractivity contribution in [3.63, 3.8) is 0 Å². The van der Waals surface area contributed by atoms with Crippen molar-refractivity contribution in [3.05, 3.63) is 36.3 Å². The first-order chi connectivity index (χ1) is 7.05. The lowest BCUT2D eigenvalue weighted by molar-refractivity contribution is -0.137. The molecule has 0 fully saturated rings. The van der Waals surface area contributed by atoms with Gasteiger partial charge in [0.1, 0.15) is 31.2 Å². The minimum absolute atomic E-state index is 0.135. The molecule has 2 heterocycles. The zero-order chi connectivity index (χ0) is 10.9. The highest BCUT2D eigenvalue weighted by Gasteiger charge is 2.32. The monoisotopic (exact) mass is 217 g/mol. The number of hydrogen-bond donors (Lipinski definition) is 0. The molecule has 15 heavy (non-hydrogen) atoms. The zero-order valence-corrected chi connectivity index (χ0v) is 7.40. The lowest BCUT2D eigenvalue weighted by Crippen LogP contribution is -2.03. The molecule has 0 saturated heterocycles. The van der Waals surface area contributed by atoms with E-state index in [-0.39, 0.29) is 12.3 Å². The van der Waals surface area contributed by atoms with Gasteiger partial charge in [-0.1, -0.05) is 0 Å². The normalized spacial score (nSPS) is 11.9. The number of nitrogens with zero attached hydrogens (tertiary/aromatic N) is 3. The quantitative estimate of drug-likeness (QED) is 0.772. The van der Waals surface area contributed by atoms with Gasteiger partial charge < -0.3 is 4.42 Å². The maximum absolute atomic E-state index is 12.2. The highest BCUT2D eigenvalue weighted by Crippen LogP contribution is 2.30. The van der Waals surface area contributed by atoms with Crippen molar-refractivity contribution in [2.45, 2.75) is 12.7 Å². The van der Waals surface area contributed by atoms with Gasteiger partial charge in [0.2, 0.25) is 0 Å². The summed E-state index contributed by atoms with van der Waals surface area (Å²) in [6, 6.07) is 0.946. The maximum Gasteiger partial charge on any atom is 0.419 e. The van der Waals surface area contributed by atoms with E-state index in [0.717, 1.165) is 6.07 Å². The fourth-order valence-corrected chi connectivity index (χ4v) is 1.09. The van der Waals surface area contributed by atoms with Crippen LogP contribution in [0, 0.1) is 0 Å². The predicted octanol–water partition coefficient (Wildman–Crippen LogP) is 1.94. The Bertz CT molecular complexity index is 432. The Morgan fingerprint density at radius 2 is 2.20 bits per heavy atom. The van der Waals surface area contributed by atoms with Gasteiger partial charge in [-0.3, -0.25) is 0 Å². The third kappa shape index (κ3) is 2.17. The lowest BCUT2D eigenvalue weighted by Gasteiger charge is -1.99. The molecule has 0 aliphatic carbocycles. The van der Waals surface area contributed by atoms with Crippen LogP contribution in [0.5, 0.6) is 0 Å². The first kappa shape index (κ1) is 9.75. The third-order valence-corrected chi connectivity index (χ3v) is 1.77. The van der Waals surface area contributed by atoms with Crippen molar-refractivity contribution in [1.29, 1.82) is 0 Å². The summed E-state index contributed by atoms with van der Waals surface area (Å²) in [5.41, 5.74) is -0.794. The second-order valence-electron chi connectivity index (χ2n) is 2.89. The molecule has 0 aliphatic rings. The number of alkyl halides is 3. The Kier molecular flexibility index (Phi) is 2.22. The molecule has 2 aromatic rings. The van der Waals surface area contributed by atoms with E-state index in [1.54, 1.807) is 0 Å². The van der Waals surface area contributed by atoms with E-state index in [9.17, 15) is 13.2 Å². The molecule has 0 saturated carbocycles. The molecule has 0 aliphatic heterocycles. The Morgan fingerprint density at radius 3 is 2.73 bits per heavy atom. The van der Waals surface area contributed by atoms with E-state index < -0.39 is 11.7 Å². The summed E-state index contributed by atoms with van der Waals surface area (Å²) in [4.78, 5) is 3.66. The fourth-order valence-electron chi connectivity index (χ4n) is 1.09. The molecule has 0 bridgehead atoms. The maximum atomic E-state index is 12.2. The Morgan fingerprint density at radius 1 is 1.40 bits per heavy atom. The van der Waals surface area contributed by atoms with Crippen molar-refractivity contribution in [1.82, 2.24) is 14.8 Å².